The SMILES string of the molecule is Cl.Cl.[CH3][Ti][N]1CCNCC1. The molecule has 0 aliphatic carbocycles. The van der Waals surface area contributed by atoms with Crippen molar-refractivity contribution < 1.29 is 19.4 Å². The molecule has 62 valence electrons. The van der Waals surface area contributed by atoms with Gasteiger partial charge < -0.3 is 0 Å². The van der Waals surface area contributed by atoms with E-state index in [4.69, 9.17) is 0 Å². The standard InChI is InChI=1S/C4H9N2.CH3.2ClH.Ti/c1-2-6-4-3-5-1;;;;/h5H,1-4H2;1H3;2*1H;/q-1;;;;+1. The van der Waals surface area contributed by atoms with Gasteiger partial charge in [0.15, 0.2) is 0 Å². The summed E-state index contributed by atoms with van der Waals surface area (Å²) in [4.78, 5) is 0. The fourth-order valence-electron chi connectivity index (χ4n) is 0.888. The van der Waals surface area contributed by atoms with E-state index in [0.29, 0.717) is 0 Å². The van der Waals surface area contributed by atoms with E-state index in [9.17, 15) is 0 Å². The molecule has 0 aromatic carbocycles. The van der Waals surface area contributed by atoms with Crippen LogP contribution in [0.25, 0.3) is 0 Å². The number of nitrogens with zero attached hydrogens (tertiary/aromatic N) is 1. The van der Waals surface area contributed by atoms with Gasteiger partial charge in [0.2, 0.25) is 0 Å². The Bertz CT molecular complexity index is 68.7. The third-order valence-corrected chi connectivity index (χ3v) is 3.12. The Morgan fingerprint density at radius 3 is 2.00 bits per heavy atom. The van der Waals surface area contributed by atoms with Gasteiger partial charge in [0.1, 0.15) is 0 Å². The topological polar surface area (TPSA) is 15.3 Å². The summed E-state index contributed by atoms with van der Waals surface area (Å²) in [7, 11) is 0. The van der Waals surface area contributed by atoms with Gasteiger partial charge in [-0.3, -0.25) is 0 Å². The normalized spacial score (nSPS) is 18.5. The molecule has 0 unspecified atom stereocenters. The molecule has 0 aromatic heterocycles. The van der Waals surface area contributed by atoms with Crippen LogP contribution in [-0.2, 0) is 19.4 Å². The molecule has 1 aliphatic heterocycles. The first kappa shape index (κ1) is 13.8. The monoisotopic (exact) mass is 220 g/mol. The Morgan fingerprint density at radius 1 is 1.20 bits per heavy atom. The average molecular weight is 221 g/mol. The molecule has 1 rings (SSSR count). The van der Waals surface area contributed by atoms with Crippen molar-refractivity contribution in [2.45, 2.75) is 5.23 Å². The molecule has 0 atom stereocenters. The van der Waals surface area contributed by atoms with Crippen LogP contribution in [0.4, 0.5) is 0 Å². The van der Waals surface area contributed by atoms with Gasteiger partial charge in [-0.25, -0.2) is 0 Å². The van der Waals surface area contributed by atoms with Crippen LogP contribution in [0.3, 0.4) is 0 Å². The van der Waals surface area contributed by atoms with E-state index < -0.39 is 0 Å². The summed E-state index contributed by atoms with van der Waals surface area (Å²) in [5, 5.41) is 5.67. The van der Waals surface area contributed by atoms with Crippen molar-refractivity contribution in [3.63, 3.8) is 0 Å². The molecule has 0 saturated carbocycles. The van der Waals surface area contributed by atoms with E-state index in [0.717, 1.165) is 0 Å². The zero-order valence-corrected chi connectivity index (χ0v) is 9.29. The molecule has 0 aromatic rings. The molecule has 0 bridgehead atoms. The maximum atomic E-state index is 3.33. The molecule has 1 heterocycles. The first-order valence-electron chi connectivity index (χ1n) is 3.06. The molecule has 1 fully saturated rings. The summed E-state index contributed by atoms with van der Waals surface area (Å²) in [6, 6.07) is 0. The second kappa shape index (κ2) is 8.31. The number of halogens is 2. The molecule has 5 heteroatoms. The van der Waals surface area contributed by atoms with Crippen LogP contribution in [-0.4, -0.2) is 29.6 Å². The van der Waals surface area contributed by atoms with Crippen molar-refractivity contribution >= 4 is 24.8 Å². The Hall–Kier alpha value is 1.21. The molecule has 0 radical (unpaired) electrons. The van der Waals surface area contributed by atoms with Crippen molar-refractivity contribution in [3.05, 3.63) is 0 Å². The zero-order valence-electron chi connectivity index (χ0n) is 6.09. The van der Waals surface area contributed by atoms with E-state index in [1.54, 1.807) is 0 Å². The molecular weight excluding hydrogens is 207 g/mol. The molecule has 0 spiro atoms. The number of nitrogens with one attached hydrogen (secondary N) is 1. The Balaban J connectivity index is 0. The fourth-order valence-corrected chi connectivity index (χ4v) is 1.94. The summed E-state index contributed by atoms with van der Waals surface area (Å²) >= 11 is 0.266. The molecule has 1 aliphatic rings. The number of piperazine rings is 1. The predicted molar refractivity (Wildman–Crippen MR) is 44.8 cm³/mol. The number of rotatable bonds is 1. The van der Waals surface area contributed by atoms with Crippen LogP contribution in [0.2, 0.25) is 5.23 Å². The number of hydrogen-bond donors (Lipinski definition) is 1. The molecule has 2 nitrogen and oxygen atoms in total. The summed E-state index contributed by atoms with van der Waals surface area (Å²) < 4.78 is 2.58. The van der Waals surface area contributed by atoms with E-state index in [2.05, 4.69) is 13.9 Å². The fraction of sp³-hybridized carbons (Fsp3) is 1.00. The Labute approximate surface area is 84.2 Å². The van der Waals surface area contributed by atoms with E-state index in [1.165, 1.54) is 26.2 Å². The minimum absolute atomic E-state index is 0. The quantitative estimate of drug-likeness (QED) is 0.658. The second-order valence-corrected chi connectivity index (χ2v) is 3.65. The Morgan fingerprint density at radius 2 is 1.70 bits per heavy atom. The van der Waals surface area contributed by atoms with Crippen molar-refractivity contribution in [2.24, 2.45) is 0 Å². The summed E-state index contributed by atoms with van der Waals surface area (Å²) in [5.74, 6) is 0. The van der Waals surface area contributed by atoms with Gasteiger partial charge >= 0.3 is 59.5 Å². The van der Waals surface area contributed by atoms with Crippen LogP contribution in [0.1, 0.15) is 0 Å². The van der Waals surface area contributed by atoms with Gasteiger partial charge in [-0.2, -0.15) is 0 Å². The van der Waals surface area contributed by atoms with Crippen molar-refractivity contribution in [2.75, 3.05) is 26.2 Å². The van der Waals surface area contributed by atoms with Crippen LogP contribution >= 0.6 is 24.8 Å². The van der Waals surface area contributed by atoms with Crippen LogP contribution in [0, 0.1) is 0 Å². The Kier molecular flexibility index (Phi) is 11.5. The van der Waals surface area contributed by atoms with Crippen LogP contribution < -0.4 is 5.32 Å². The van der Waals surface area contributed by atoms with Gasteiger partial charge in [-0.1, -0.05) is 0 Å². The summed E-state index contributed by atoms with van der Waals surface area (Å²) in [6.45, 7) is 4.99. The average Bonchev–Trinajstić information content (AvgIpc) is 1.90. The maximum absolute atomic E-state index is 3.33. The van der Waals surface area contributed by atoms with Crippen molar-refractivity contribution in [3.8, 4) is 0 Å². The molecule has 10 heavy (non-hydrogen) atoms. The van der Waals surface area contributed by atoms with Gasteiger partial charge in [-0.15, -0.1) is 24.8 Å². The summed E-state index contributed by atoms with van der Waals surface area (Å²) in [5.41, 5.74) is 0. The third kappa shape index (κ3) is 4.94. The van der Waals surface area contributed by atoms with E-state index >= 15 is 0 Å². The molecule has 1 saturated heterocycles. The van der Waals surface area contributed by atoms with Crippen molar-refractivity contribution in [1.29, 1.82) is 0 Å². The third-order valence-electron chi connectivity index (χ3n) is 1.43. The predicted octanol–water partition coefficient (Wildman–Crippen LogP) is 0.781. The zero-order chi connectivity index (χ0) is 5.82. The van der Waals surface area contributed by atoms with Gasteiger partial charge in [0.25, 0.3) is 0 Å². The van der Waals surface area contributed by atoms with Gasteiger partial charge in [0, 0.05) is 0 Å². The second-order valence-electron chi connectivity index (χ2n) is 1.96. The van der Waals surface area contributed by atoms with E-state index in [1.807, 2.05) is 0 Å². The summed E-state index contributed by atoms with van der Waals surface area (Å²) in [6.07, 6.45) is 0. The number of hydrogen-bond acceptors (Lipinski definition) is 2. The molecular formula is C5H14Cl2N2Ti. The van der Waals surface area contributed by atoms with Crippen molar-refractivity contribution in [1.82, 2.24) is 8.70 Å². The molecule has 1 N–H and O–H groups in total. The van der Waals surface area contributed by atoms with E-state index in [-0.39, 0.29) is 44.2 Å². The van der Waals surface area contributed by atoms with Gasteiger partial charge in [0.05, 0.1) is 0 Å². The first-order valence-corrected chi connectivity index (χ1v) is 5.32. The molecule has 0 amide bonds. The van der Waals surface area contributed by atoms with Crippen LogP contribution in [0.15, 0.2) is 0 Å². The van der Waals surface area contributed by atoms with Gasteiger partial charge in [-0.05, 0) is 0 Å². The minimum atomic E-state index is 0. The van der Waals surface area contributed by atoms with Crippen LogP contribution in [0.5, 0.6) is 0 Å². The first-order chi connectivity index (χ1) is 3.93.